The lowest BCUT2D eigenvalue weighted by Gasteiger charge is -2.20. The number of nitrogens with one attached hydrogen (secondary N) is 1. The second kappa shape index (κ2) is 7.54. The monoisotopic (exact) mass is 447 g/mol. The molecule has 1 amide bonds. The SMILES string of the molecule is COc1cccc(S(=O)(=O)NC(=O)c2ncn(CC(F)(F)C(F)(F)F)c2Cl)c1. The molecule has 154 valence electrons. The van der Waals surface area contributed by atoms with Gasteiger partial charge in [0, 0.05) is 6.07 Å². The van der Waals surface area contributed by atoms with Crippen LogP contribution in [0.1, 0.15) is 10.5 Å². The van der Waals surface area contributed by atoms with Crippen LogP contribution in [0.15, 0.2) is 35.5 Å². The number of carbonyl (C=O) groups is 1. The van der Waals surface area contributed by atoms with E-state index in [-0.39, 0.29) is 15.2 Å². The third-order valence-electron chi connectivity index (χ3n) is 3.35. The Balaban J connectivity index is 2.25. The Hall–Kier alpha value is -2.41. The van der Waals surface area contributed by atoms with Gasteiger partial charge in [-0.15, -0.1) is 0 Å². The molecule has 1 heterocycles. The molecule has 1 aromatic carbocycles. The maximum Gasteiger partial charge on any atom is 0.455 e. The number of methoxy groups -OCH3 is 1. The highest BCUT2D eigenvalue weighted by Gasteiger charge is 2.57. The third kappa shape index (κ3) is 4.52. The third-order valence-corrected chi connectivity index (χ3v) is 5.08. The number of halogens is 6. The van der Waals surface area contributed by atoms with Crippen LogP contribution in [-0.4, -0.2) is 43.1 Å². The van der Waals surface area contributed by atoms with Crippen LogP contribution in [0.4, 0.5) is 22.0 Å². The first-order chi connectivity index (χ1) is 12.8. The molecule has 28 heavy (non-hydrogen) atoms. The molecule has 0 saturated carbocycles. The first-order valence-electron chi connectivity index (χ1n) is 7.15. The van der Waals surface area contributed by atoms with E-state index >= 15 is 0 Å². The normalized spacial score (nSPS) is 12.7. The zero-order chi connectivity index (χ0) is 21.3. The van der Waals surface area contributed by atoms with Gasteiger partial charge in [-0.05, 0) is 12.1 Å². The van der Waals surface area contributed by atoms with Crippen LogP contribution >= 0.6 is 11.6 Å². The van der Waals surface area contributed by atoms with Gasteiger partial charge in [0.15, 0.2) is 5.69 Å². The van der Waals surface area contributed by atoms with Crippen LogP contribution in [0.25, 0.3) is 0 Å². The van der Waals surface area contributed by atoms with Crippen molar-refractivity contribution in [3.8, 4) is 5.75 Å². The summed E-state index contributed by atoms with van der Waals surface area (Å²) < 4.78 is 94.2. The van der Waals surface area contributed by atoms with Crippen molar-refractivity contribution in [3.63, 3.8) is 0 Å². The molecule has 1 N–H and O–H groups in total. The van der Waals surface area contributed by atoms with Crippen LogP contribution in [0.2, 0.25) is 5.15 Å². The Morgan fingerprint density at radius 3 is 2.50 bits per heavy atom. The van der Waals surface area contributed by atoms with Crippen molar-refractivity contribution in [1.82, 2.24) is 14.3 Å². The minimum Gasteiger partial charge on any atom is -0.497 e. The molecule has 2 aromatic rings. The molecule has 0 atom stereocenters. The molecule has 0 fully saturated rings. The smallest absolute Gasteiger partial charge is 0.455 e. The highest BCUT2D eigenvalue weighted by Crippen LogP contribution is 2.37. The molecule has 14 heteroatoms. The van der Waals surface area contributed by atoms with Gasteiger partial charge in [0.2, 0.25) is 0 Å². The fourth-order valence-corrected chi connectivity index (χ4v) is 3.16. The van der Waals surface area contributed by atoms with Gasteiger partial charge in [0.1, 0.15) is 10.9 Å². The van der Waals surface area contributed by atoms with E-state index in [9.17, 15) is 35.2 Å². The zero-order valence-corrected chi connectivity index (χ0v) is 15.4. The van der Waals surface area contributed by atoms with E-state index in [1.54, 1.807) is 4.72 Å². The fraction of sp³-hybridized carbons (Fsp3) is 0.286. The van der Waals surface area contributed by atoms with Gasteiger partial charge in [0.05, 0.1) is 24.9 Å². The lowest BCUT2D eigenvalue weighted by Crippen LogP contribution is -2.40. The van der Waals surface area contributed by atoms with Crippen LogP contribution in [0, 0.1) is 0 Å². The predicted octanol–water partition coefficient (Wildman–Crippen LogP) is 2.86. The van der Waals surface area contributed by atoms with Crippen molar-refractivity contribution >= 4 is 27.5 Å². The molecule has 2 rings (SSSR count). The van der Waals surface area contributed by atoms with E-state index in [0.717, 1.165) is 12.1 Å². The van der Waals surface area contributed by atoms with E-state index in [4.69, 9.17) is 16.3 Å². The molecule has 1 aromatic heterocycles. The summed E-state index contributed by atoms with van der Waals surface area (Å²) in [5.41, 5.74) is -0.842. The van der Waals surface area contributed by atoms with Crippen molar-refractivity contribution in [2.75, 3.05) is 7.11 Å². The first-order valence-corrected chi connectivity index (χ1v) is 9.01. The summed E-state index contributed by atoms with van der Waals surface area (Å²) >= 11 is 5.62. The number of alkyl halides is 5. The standard InChI is InChI=1S/C14H11ClF5N3O4S/c1-27-8-3-2-4-9(5-8)28(25,26)22-12(24)10-11(15)23(7-21-10)6-13(16,17)14(18,19)20/h2-5,7H,6H2,1H3,(H,22,24). The first kappa shape index (κ1) is 21.9. The van der Waals surface area contributed by atoms with Crippen LogP contribution < -0.4 is 9.46 Å². The van der Waals surface area contributed by atoms with Crippen molar-refractivity contribution in [3.05, 3.63) is 41.4 Å². The fourth-order valence-electron chi connectivity index (χ4n) is 1.93. The van der Waals surface area contributed by atoms with Crippen molar-refractivity contribution in [2.45, 2.75) is 23.5 Å². The molecule has 0 aliphatic carbocycles. The summed E-state index contributed by atoms with van der Waals surface area (Å²) in [7, 11) is -3.14. The summed E-state index contributed by atoms with van der Waals surface area (Å²) in [5, 5.41) is -0.887. The number of rotatable bonds is 6. The van der Waals surface area contributed by atoms with Gasteiger partial charge in [-0.2, -0.15) is 22.0 Å². The lowest BCUT2D eigenvalue weighted by molar-refractivity contribution is -0.286. The van der Waals surface area contributed by atoms with Crippen molar-refractivity contribution < 1.29 is 39.9 Å². The number of benzene rings is 1. The van der Waals surface area contributed by atoms with Crippen molar-refractivity contribution in [2.24, 2.45) is 0 Å². The average Bonchev–Trinajstić information content (AvgIpc) is 2.94. The van der Waals surface area contributed by atoms with E-state index in [2.05, 4.69) is 4.98 Å². The number of carbonyl (C=O) groups excluding carboxylic acids is 1. The van der Waals surface area contributed by atoms with Gasteiger partial charge in [-0.1, -0.05) is 17.7 Å². The molecular weight excluding hydrogens is 437 g/mol. The highest BCUT2D eigenvalue weighted by atomic mass is 35.5. The maximum absolute atomic E-state index is 13.1. The Kier molecular flexibility index (Phi) is 5.90. The number of hydrogen-bond donors (Lipinski definition) is 1. The summed E-state index contributed by atoms with van der Waals surface area (Å²) in [6.45, 7) is -1.93. The molecule has 0 aliphatic rings. The van der Waals surface area contributed by atoms with Gasteiger partial charge in [0.25, 0.3) is 15.9 Å². The minimum atomic E-state index is -5.85. The van der Waals surface area contributed by atoms with E-state index in [1.165, 1.54) is 19.2 Å². The highest BCUT2D eigenvalue weighted by molar-refractivity contribution is 7.90. The average molecular weight is 448 g/mol. The van der Waals surface area contributed by atoms with Gasteiger partial charge >= 0.3 is 12.1 Å². The topological polar surface area (TPSA) is 90.3 Å². The number of hydrogen-bond acceptors (Lipinski definition) is 5. The zero-order valence-electron chi connectivity index (χ0n) is 13.8. The van der Waals surface area contributed by atoms with Gasteiger partial charge in [-0.3, -0.25) is 4.79 Å². The summed E-state index contributed by atoms with van der Waals surface area (Å²) in [5.74, 6) is -6.38. The Bertz CT molecular complexity index is 991. The predicted molar refractivity (Wildman–Crippen MR) is 85.9 cm³/mol. The molecule has 0 aliphatic heterocycles. The van der Waals surface area contributed by atoms with Gasteiger partial charge in [-0.25, -0.2) is 18.1 Å². The van der Waals surface area contributed by atoms with Crippen LogP contribution in [0.3, 0.4) is 0 Å². The molecule has 0 unspecified atom stereocenters. The van der Waals surface area contributed by atoms with Crippen LogP contribution in [-0.2, 0) is 16.6 Å². The molecule has 0 spiro atoms. The van der Waals surface area contributed by atoms with Crippen molar-refractivity contribution in [1.29, 1.82) is 0 Å². The number of ether oxygens (including phenoxy) is 1. The Morgan fingerprint density at radius 1 is 1.29 bits per heavy atom. The second-order valence-corrected chi connectivity index (χ2v) is 7.37. The Morgan fingerprint density at radius 2 is 1.93 bits per heavy atom. The summed E-state index contributed by atoms with van der Waals surface area (Å²) in [6.07, 6.45) is -5.38. The molecule has 0 radical (unpaired) electrons. The molecule has 7 nitrogen and oxygen atoms in total. The quantitative estimate of drug-likeness (QED) is 0.688. The number of aromatic nitrogens is 2. The van der Waals surface area contributed by atoms with Crippen LogP contribution in [0.5, 0.6) is 5.75 Å². The minimum absolute atomic E-state index is 0.173. The van der Waals surface area contributed by atoms with E-state index in [0.29, 0.717) is 6.33 Å². The summed E-state index contributed by atoms with van der Waals surface area (Å²) in [6, 6.07) is 5.01. The lowest BCUT2D eigenvalue weighted by atomic mass is 10.3. The maximum atomic E-state index is 13.1. The number of imidazole rings is 1. The largest absolute Gasteiger partial charge is 0.497 e. The second-order valence-electron chi connectivity index (χ2n) is 5.33. The number of sulfonamides is 1. The van der Waals surface area contributed by atoms with E-state index < -0.39 is 45.4 Å². The Labute approximate surface area is 160 Å². The molecular formula is C14H11ClF5N3O4S. The van der Waals surface area contributed by atoms with Gasteiger partial charge < -0.3 is 9.30 Å². The summed E-state index contributed by atoms with van der Waals surface area (Å²) in [4.78, 5) is 15.1. The molecule has 0 saturated heterocycles. The number of nitrogens with zero attached hydrogens (tertiary/aromatic N) is 2. The molecule has 0 bridgehead atoms. The number of amides is 1. The van der Waals surface area contributed by atoms with E-state index in [1.807, 2.05) is 0 Å².